The maximum atomic E-state index is 11.3. The zero-order valence-corrected chi connectivity index (χ0v) is 13.2. The van der Waals surface area contributed by atoms with E-state index in [2.05, 4.69) is 0 Å². The predicted molar refractivity (Wildman–Crippen MR) is 86.0 cm³/mol. The van der Waals surface area contributed by atoms with Gasteiger partial charge < -0.3 is 14.7 Å². The van der Waals surface area contributed by atoms with Gasteiger partial charge in [0.25, 0.3) is 0 Å². The molecule has 5 heteroatoms. The lowest BCUT2D eigenvalue weighted by Crippen LogP contribution is -2.10. The molecule has 1 heterocycles. The van der Waals surface area contributed by atoms with Gasteiger partial charge in [0.05, 0.1) is 12.7 Å². The van der Waals surface area contributed by atoms with Crippen LogP contribution in [0.3, 0.4) is 0 Å². The SMILES string of the molecule is COc1ccc(CCc2cc(C(=O)O)c(N(C)C)s2)cc1. The highest BCUT2D eigenvalue weighted by Crippen LogP contribution is 2.31. The molecule has 1 aromatic heterocycles. The van der Waals surface area contributed by atoms with Crippen molar-refractivity contribution in [1.82, 2.24) is 0 Å². The van der Waals surface area contributed by atoms with Crippen molar-refractivity contribution < 1.29 is 14.6 Å². The Hall–Kier alpha value is -2.01. The average molecular weight is 305 g/mol. The van der Waals surface area contributed by atoms with E-state index in [0.29, 0.717) is 5.56 Å². The molecule has 1 N–H and O–H groups in total. The summed E-state index contributed by atoms with van der Waals surface area (Å²) in [7, 11) is 5.38. The number of thiophene rings is 1. The first-order valence-corrected chi connectivity index (χ1v) is 7.49. The number of hydrogen-bond donors (Lipinski definition) is 1. The van der Waals surface area contributed by atoms with Crippen molar-refractivity contribution >= 4 is 22.3 Å². The van der Waals surface area contributed by atoms with E-state index in [1.165, 1.54) is 5.56 Å². The molecule has 0 radical (unpaired) electrons. The third-order valence-corrected chi connectivity index (χ3v) is 4.58. The summed E-state index contributed by atoms with van der Waals surface area (Å²) >= 11 is 1.54. The Morgan fingerprint density at radius 3 is 2.38 bits per heavy atom. The van der Waals surface area contributed by atoms with Crippen molar-refractivity contribution in [3.63, 3.8) is 0 Å². The van der Waals surface area contributed by atoms with Gasteiger partial charge in [0, 0.05) is 19.0 Å². The first kappa shape index (κ1) is 15.4. The number of carboxylic acids is 1. The molecule has 112 valence electrons. The Morgan fingerprint density at radius 2 is 1.90 bits per heavy atom. The molecule has 4 nitrogen and oxygen atoms in total. The number of carbonyl (C=O) groups is 1. The largest absolute Gasteiger partial charge is 0.497 e. The third-order valence-electron chi connectivity index (χ3n) is 3.22. The quantitative estimate of drug-likeness (QED) is 0.889. The summed E-state index contributed by atoms with van der Waals surface area (Å²) in [6.07, 6.45) is 1.72. The molecular formula is C16H19NO3S. The van der Waals surface area contributed by atoms with Crippen LogP contribution in [0.1, 0.15) is 20.8 Å². The molecule has 0 unspecified atom stereocenters. The van der Waals surface area contributed by atoms with Crippen LogP contribution in [-0.2, 0) is 12.8 Å². The van der Waals surface area contributed by atoms with Crippen LogP contribution < -0.4 is 9.64 Å². The van der Waals surface area contributed by atoms with Gasteiger partial charge in [-0.25, -0.2) is 4.79 Å². The Labute approximate surface area is 128 Å². The number of anilines is 1. The van der Waals surface area contributed by atoms with Gasteiger partial charge in [-0.3, -0.25) is 0 Å². The lowest BCUT2D eigenvalue weighted by Gasteiger charge is -2.09. The van der Waals surface area contributed by atoms with Gasteiger partial charge in [-0.05, 0) is 36.6 Å². The van der Waals surface area contributed by atoms with Gasteiger partial charge in [-0.15, -0.1) is 11.3 Å². The van der Waals surface area contributed by atoms with Crippen LogP contribution in [0, 0.1) is 0 Å². The van der Waals surface area contributed by atoms with Gasteiger partial charge in [0.1, 0.15) is 10.8 Å². The lowest BCUT2D eigenvalue weighted by atomic mass is 10.1. The molecule has 2 aromatic rings. The van der Waals surface area contributed by atoms with Crippen LogP contribution in [0.15, 0.2) is 30.3 Å². The van der Waals surface area contributed by atoms with Crippen LogP contribution in [0.25, 0.3) is 0 Å². The topological polar surface area (TPSA) is 49.8 Å². The molecule has 0 aliphatic heterocycles. The standard InChI is InChI=1S/C16H19NO3S/c1-17(2)15-14(16(18)19)10-13(21-15)9-6-11-4-7-12(20-3)8-5-11/h4-5,7-8,10H,6,9H2,1-3H3,(H,18,19). The summed E-state index contributed by atoms with van der Waals surface area (Å²) < 4.78 is 5.13. The number of carboxylic acid groups (broad SMARTS) is 1. The van der Waals surface area contributed by atoms with Gasteiger partial charge in [0.2, 0.25) is 0 Å². The number of aryl methyl sites for hydroxylation is 2. The predicted octanol–water partition coefficient (Wildman–Crippen LogP) is 3.31. The maximum absolute atomic E-state index is 11.3. The number of ether oxygens (including phenoxy) is 1. The zero-order valence-electron chi connectivity index (χ0n) is 12.4. The second-order valence-corrected chi connectivity index (χ2v) is 6.09. The first-order valence-electron chi connectivity index (χ1n) is 6.67. The number of hydrogen-bond acceptors (Lipinski definition) is 4. The lowest BCUT2D eigenvalue weighted by molar-refractivity contribution is 0.0698. The number of nitrogens with zero attached hydrogens (tertiary/aromatic N) is 1. The van der Waals surface area contributed by atoms with E-state index in [0.717, 1.165) is 28.5 Å². The van der Waals surface area contributed by atoms with E-state index in [1.54, 1.807) is 24.5 Å². The van der Waals surface area contributed by atoms with E-state index in [9.17, 15) is 9.90 Å². The Morgan fingerprint density at radius 1 is 1.24 bits per heavy atom. The fourth-order valence-corrected chi connectivity index (χ4v) is 3.17. The molecule has 0 saturated carbocycles. The Balaban J connectivity index is 2.09. The van der Waals surface area contributed by atoms with Crippen LogP contribution in [0.2, 0.25) is 0 Å². The van der Waals surface area contributed by atoms with Crippen molar-refractivity contribution in [2.75, 3.05) is 26.1 Å². The molecule has 0 bridgehead atoms. The minimum absolute atomic E-state index is 0.384. The van der Waals surface area contributed by atoms with Crippen molar-refractivity contribution in [2.24, 2.45) is 0 Å². The van der Waals surface area contributed by atoms with Crippen molar-refractivity contribution in [3.8, 4) is 5.75 Å². The van der Waals surface area contributed by atoms with Crippen molar-refractivity contribution in [1.29, 1.82) is 0 Å². The first-order chi connectivity index (χ1) is 10.0. The normalized spacial score (nSPS) is 10.4. The molecule has 0 saturated heterocycles. The average Bonchev–Trinajstić information content (AvgIpc) is 2.90. The van der Waals surface area contributed by atoms with E-state index >= 15 is 0 Å². The van der Waals surface area contributed by atoms with Gasteiger partial charge >= 0.3 is 5.97 Å². The van der Waals surface area contributed by atoms with Crippen LogP contribution in [0.5, 0.6) is 5.75 Å². The van der Waals surface area contributed by atoms with E-state index in [-0.39, 0.29) is 0 Å². The fourth-order valence-electron chi connectivity index (χ4n) is 2.10. The molecule has 0 amide bonds. The summed E-state index contributed by atoms with van der Waals surface area (Å²) in [4.78, 5) is 14.2. The maximum Gasteiger partial charge on any atom is 0.338 e. The highest BCUT2D eigenvalue weighted by atomic mass is 32.1. The smallest absolute Gasteiger partial charge is 0.338 e. The molecule has 0 aliphatic carbocycles. The van der Waals surface area contributed by atoms with Crippen molar-refractivity contribution in [3.05, 3.63) is 46.3 Å². The molecule has 0 fully saturated rings. The van der Waals surface area contributed by atoms with Crippen LogP contribution >= 0.6 is 11.3 Å². The van der Waals surface area contributed by atoms with Crippen LogP contribution in [-0.4, -0.2) is 32.3 Å². The van der Waals surface area contributed by atoms with Gasteiger partial charge in [0.15, 0.2) is 0 Å². The summed E-state index contributed by atoms with van der Waals surface area (Å²) in [5.74, 6) is -0.0245. The summed E-state index contributed by atoms with van der Waals surface area (Å²) in [5.41, 5.74) is 1.60. The second-order valence-electron chi connectivity index (χ2n) is 4.98. The van der Waals surface area contributed by atoms with E-state index < -0.39 is 5.97 Å². The molecule has 21 heavy (non-hydrogen) atoms. The second kappa shape index (κ2) is 6.63. The molecule has 1 aromatic carbocycles. The number of methoxy groups -OCH3 is 1. The molecular weight excluding hydrogens is 286 g/mol. The molecule has 2 rings (SSSR count). The Kier molecular flexibility index (Phi) is 4.85. The van der Waals surface area contributed by atoms with E-state index in [1.807, 2.05) is 43.3 Å². The summed E-state index contributed by atoms with van der Waals surface area (Å²) in [6.45, 7) is 0. The Bertz CT molecular complexity index is 617. The number of rotatable bonds is 6. The third kappa shape index (κ3) is 3.76. The fraction of sp³-hybridized carbons (Fsp3) is 0.312. The zero-order chi connectivity index (χ0) is 15.4. The monoisotopic (exact) mass is 305 g/mol. The highest BCUT2D eigenvalue weighted by Gasteiger charge is 2.16. The van der Waals surface area contributed by atoms with Gasteiger partial charge in [-0.1, -0.05) is 12.1 Å². The number of benzene rings is 1. The number of aromatic carboxylic acids is 1. The summed E-state index contributed by atoms with van der Waals surface area (Å²) in [5, 5.41) is 10.0. The molecule has 0 spiro atoms. The van der Waals surface area contributed by atoms with E-state index in [4.69, 9.17) is 4.74 Å². The minimum Gasteiger partial charge on any atom is -0.497 e. The minimum atomic E-state index is -0.870. The highest BCUT2D eigenvalue weighted by molar-refractivity contribution is 7.16. The molecule has 0 atom stereocenters. The van der Waals surface area contributed by atoms with Crippen molar-refractivity contribution in [2.45, 2.75) is 12.8 Å². The molecule has 0 aliphatic rings. The summed E-state index contributed by atoms with van der Waals surface area (Å²) in [6, 6.07) is 9.75. The van der Waals surface area contributed by atoms with Gasteiger partial charge in [-0.2, -0.15) is 0 Å². The van der Waals surface area contributed by atoms with Crippen LogP contribution in [0.4, 0.5) is 5.00 Å².